The summed E-state index contributed by atoms with van der Waals surface area (Å²) in [6.45, 7) is 0.679. The van der Waals surface area contributed by atoms with Crippen LogP contribution in [0.2, 0.25) is 0 Å². The van der Waals surface area contributed by atoms with Crippen LogP contribution < -0.4 is 10.5 Å². The summed E-state index contributed by atoms with van der Waals surface area (Å²) in [7, 11) is 0. The Morgan fingerprint density at radius 1 is 1.16 bits per heavy atom. The van der Waals surface area contributed by atoms with Crippen molar-refractivity contribution in [2.45, 2.75) is 31.8 Å². The summed E-state index contributed by atoms with van der Waals surface area (Å²) in [5.74, 6) is 1.06. The number of ether oxygens (including phenoxy) is 1. The molecule has 3 rings (SSSR count). The average molecular weight is 258 g/mol. The molecule has 2 aromatic heterocycles. The summed E-state index contributed by atoms with van der Waals surface area (Å²) in [6.07, 6.45) is 8.14. The van der Waals surface area contributed by atoms with Crippen molar-refractivity contribution >= 4 is 11.2 Å². The molecule has 0 spiro atoms. The molecule has 5 nitrogen and oxygen atoms in total. The third-order valence-electron chi connectivity index (χ3n) is 3.72. The monoisotopic (exact) mass is 258 g/mol. The zero-order chi connectivity index (χ0) is 13.1. The van der Waals surface area contributed by atoms with Crippen LogP contribution in [0.1, 0.15) is 25.7 Å². The lowest BCUT2D eigenvalue weighted by Crippen LogP contribution is -2.35. The van der Waals surface area contributed by atoms with Crippen LogP contribution >= 0.6 is 0 Å². The van der Waals surface area contributed by atoms with Gasteiger partial charge >= 0.3 is 0 Å². The molecule has 0 radical (unpaired) electrons. The Labute approximate surface area is 112 Å². The standard InChI is InChI=1S/C14H18N4O/c15-9-10-3-1-2-4-12(10)19-13-6-5-11-14(18-13)17-8-7-16-11/h5-8,10,12H,1-4,9,15H2. The molecule has 0 aromatic carbocycles. The molecule has 1 saturated carbocycles. The second kappa shape index (κ2) is 5.48. The second-order valence-corrected chi connectivity index (χ2v) is 4.99. The highest BCUT2D eigenvalue weighted by Gasteiger charge is 2.25. The lowest BCUT2D eigenvalue weighted by molar-refractivity contribution is 0.0926. The van der Waals surface area contributed by atoms with E-state index in [1.54, 1.807) is 12.4 Å². The van der Waals surface area contributed by atoms with E-state index in [9.17, 15) is 0 Å². The van der Waals surface area contributed by atoms with Crippen LogP contribution in [0.5, 0.6) is 5.88 Å². The highest BCUT2D eigenvalue weighted by atomic mass is 16.5. The number of hydrogen-bond donors (Lipinski definition) is 1. The van der Waals surface area contributed by atoms with Crippen molar-refractivity contribution in [3.05, 3.63) is 24.5 Å². The fourth-order valence-electron chi connectivity index (χ4n) is 2.66. The lowest BCUT2D eigenvalue weighted by Gasteiger charge is -2.30. The molecule has 100 valence electrons. The molecule has 2 N–H and O–H groups in total. The number of pyridine rings is 1. The lowest BCUT2D eigenvalue weighted by atomic mass is 9.86. The van der Waals surface area contributed by atoms with Crippen LogP contribution in [0.15, 0.2) is 24.5 Å². The van der Waals surface area contributed by atoms with Crippen molar-refractivity contribution in [1.29, 1.82) is 0 Å². The van der Waals surface area contributed by atoms with Gasteiger partial charge in [-0.05, 0) is 31.9 Å². The molecule has 2 atom stereocenters. The fourth-order valence-corrected chi connectivity index (χ4v) is 2.66. The third-order valence-corrected chi connectivity index (χ3v) is 3.72. The normalized spacial score (nSPS) is 23.4. The molecule has 0 bridgehead atoms. The number of rotatable bonds is 3. The summed E-state index contributed by atoms with van der Waals surface area (Å²) >= 11 is 0. The molecule has 2 unspecified atom stereocenters. The predicted octanol–water partition coefficient (Wildman–Crippen LogP) is 1.92. The van der Waals surface area contributed by atoms with E-state index in [-0.39, 0.29) is 6.10 Å². The number of nitrogens with zero attached hydrogens (tertiary/aromatic N) is 3. The highest BCUT2D eigenvalue weighted by molar-refractivity contribution is 5.69. The molecule has 0 saturated heterocycles. The van der Waals surface area contributed by atoms with Gasteiger partial charge in [-0.15, -0.1) is 0 Å². The van der Waals surface area contributed by atoms with Crippen LogP contribution in [0, 0.1) is 5.92 Å². The Hall–Kier alpha value is -1.75. The molecule has 1 fully saturated rings. The maximum Gasteiger partial charge on any atom is 0.215 e. The van der Waals surface area contributed by atoms with Crippen LogP contribution in [-0.2, 0) is 0 Å². The Kier molecular flexibility index (Phi) is 3.55. The van der Waals surface area contributed by atoms with Gasteiger partial charge < -0.3 is 10.5 Å². The molecule has 1 aliphatic carbocycles. The Morgan fingerprint density at radius 2 is 2.00 bits per heavy atom. The number of hydrogen-bond acceptors (Lipinski definition) is 5. The summed E-state index contributed by atoms with van der Waals surface area (Å²) in [5, 5.41) is 0. The quantitative estimate of drug-likeness (QED) is 0.910. The first-order valence-electron chi connectivity index (χ1n) is 6.81. The van der Waals surface area contributed by atoms with E-state index in [0.29, 0.717) is 24.0 Å². The fraction of sp³-hybridized carbons (Fsp3) is 0.500. The first kappa shape index (κ1) is 12.3. The van der Waals surface area contributed by atoms with Gasteiger partial charge in [0.1, 0.15) is 11.6 Å². The van der Waals surface area contributed by atoms with E-state index in [1.165, 1.54) is 12.8 Å². The average Bonchev–Trinajstić information content (AvgIpc) is 2.48. The van der Waals surface area contributed by atoms with E-state index in [2.05, 4.69) is 15.0 Å². The zero-order valence-electron chi connectivity index (χ0n) is 10.8. The second-order valence-electron chi connectivity index (χ2n) is 4.99. The SMILES string of the molecule is NCC1CCCCC1Oc1ccc2nccnc2n1. The minimum absolute atomic E-state index is 0.181. The smallest absolute Gasteiger partial charge is 0.215 e. The van der Waals surface area contributed by atoms with Gasteiger partial charge in [-0.3, -0.25) is 4.98 Å². The van der Waals surface area contributed by atoms with E-state index in [1.807, 2.05) is 12.1 Å². The molecular weight excluding hydrogens is 240 g/mol. The molecule has 5 heteroatoms. The van der Waals surface area contributed by atoms with Gasteiger partial charge in [0.2, 0.25) is 5.88 Å². The number of aromatic nitrogens is 3. The Bertz CT molecular complexity index is 560. The highest BCUT2D eigenvalue weighted by Crippen LogP contribution is 2.27. The van der Waals surface area contributed by atoms with Gasteiger partial charge in [0.05, 0.1) is 0 Å². The van der Waals surface area contributed by atoms with E-state index >= 15 is 0 Å². The minimum atomic E-state index is 0.181. The predicted molar refractivity (Wildman–Crippen MR) is 72.8 cm³/mol. The summed E-state index contributed by atoms with van der Waals surface area (Å²) in [6, 6.07) is 3.75. The van der Waals surface area contributed by atoms with Crippen molar-refractivity contribution in [2.75, 3.05) is 6.54 Å². The van der Waals surface area contributed by atoms with Crippen LogP contribution in [0.25, 0.3) is 11.2 Å². The summed E-state index contributed by atoms with van der Waals surface area (Å²) in [5.41, 5.74) is 7.23. The molecule has 0 aliphatic heterocycles. The molecule has 1 aliphatic rings. The van der Waals surface area contributed by atoms with Gasteiger partial charge in [0.15, 0.2) is 5.65 Å². The van der Waals surface area contributed by atoms with Crippen molar-refractivity contribution in [3.63, 3.8) is 0 Å². The van der Waals surface area contributed by atoms with Crippen molar-refractivity contribution in [2.24, 2.45) is 11.7 Å². The van der Waals surface area contributed by atoms with Gasteiger partial charge in [-0.2, -0.15) is 4.98 Å². The van der Waals surface area contributed by atoms with Crippen molar-refractivity contribution in [1.82, 2.24) is 15.0 Å². The minimum Gasteiger partial charge on any atom is -0.474 e. The largest absolute Gasteiger partial charge is 0.474 e. The maximum atomic E-state index is 6.01. The topological polar surface area (TPSA) is 73.9 Å². The molecule has 0 amide bonds. The zero-order valence-corrected chi connectivity index (χ0v) is 10.8. The van der Waals surface area contributed by atoms with Gasteiger partial charge in [0, 0.05) is 24.4 Å². The Morgan fingerprint density at radius 3 is 2.89 bits per heavy atom. The number of fused-ring (bicyclic) bond motifs is 1. The van der Waals surface area contributed by atoms with Gasteiger partial charge in [-0.1, -0.05) is 6.42 Å². The number of nitrogens with two attached hydrogens (primary N) is 1. The molecular formula is C14H18N4O. The van der Waals surface area contributed by atoms with Gasteiger partial charge in [0.25, 0.3) is 0 Å². The van der Waals surface area contributed by atoms with Crippen LogP contribution in [0.4, 0.5) is 0 Å². The van der Waals surface area contributed by atoms with Crippen molar-refractivity contribution in [3.8, 4) is 5.88 Å². The van der Waals surface area contributed by atoms with E-state index < -0.39 is 0 Å². The van der Waals surface area contributed by atoms with Gasteiger partial charge in [-0.25, -0.2) is 4.98 Å². The summed E-state index contributed by atoms with van der Waals surface area (Å²) in [4.78, 5) is 12.8. The first-order valence-corrected chi connectivity index (χ1v) is 6.81. The van der Waals surface area contributed by atoms with E-state index in [4.69, 9.17) is 10.5 Å². The maximum absolute atomic E-state index is 6.01. The third kappa shape index (κ3) is 2.66. The van der Waals surface area contributed by atoms with Crippen molar-refractivity contribution < 1.29 is 4.74 Å². The Balaban J connectivity index is 1.80. The molecule has 2 aromatic rings. The molecule has 2 heterocycles. The van der Waals surface area contributed by atoms with Crippen LogP contribution in [0.3, 0.4) is 0 Å². The van der Waals surface area contributed by atoms with Crippen LogP contribution in [-0.4, -0.2) is 27.6 Å². The first-order chi connectivity index (χ1) is 9.36. The summed E-state index contributed by atoms with van der Waals surface area (Å²) < 4.78 is 6.01. The van der Waals surface area contributed by atoms with E-state index in [0.717, 1.165) is 18.4 Å². The molecule has 19 heavy (non-hydrogen) atoms.